The lowest BCUT2D eigenvalue weighted by Gasteiger charge is -2.36. The molecule has 0 aromatic heterocycles. The smallest absolute Gasteiger partial charge is 0.118 e. The van der Waals surface area contributed by atoms with Crippen LogP contribution in [0, 0.1) is 12.8 Å². The Bertz CT molecular complexity index is 890. The molecular formula is C26H31NOS. The van der Waals surface area contributed by atoms with Gasteiger partial charge in [-0.25, -0.2) is 0 Å². The number of ether oxygens (including phenoxy) is 1. The van der Waals surface area contributed by atoms with Gasteiger partial charge >= 0.3 is 0 Å². The standard InChI is InChI=1S/C26H31NOS/c1-19(2)25(27)18-29-26(21-8-6-5-7-9-21,22-12-10-20(3)11-13-22)23-14-16-24(28-4)17-15-23/h5-17,19,25H,18,27H2,1-4H3/t25-,26?/m1/s1. The highest BCUT2D eigenvalue weighted by molar-refractivity contribution is 8.00. The lowest BCUT2D eigenvalue weighted by molar-refractivity contribution is 0.414. The molecule has 0 saturated heterocycles. The molecule has 152 valence electrons. The van der Waals surface area contributed by atoms with Gasteiger partial charge in [-0.1, -0.05) is 86.1 Å². The van der Waals surface area contributed by atoms with Gasteiger partial charge in [0.15, 0.2) is 0 Å². The van der Waals surface area contributed by atoms with Crippen molar-refractivity contribution in [1.82, 2.24) is 0 Å². The van der Waals surface area contributed by atoms with Gasteiger partial charge < -0.3 is 10.5 Å². The van der Waals surface area contributed by atoms with Crippen LogP contribution in [-0.4, -0.2) is 18.9 Å². The third-order valence-corrected chi connectivity index (χ3v) is 7.18. The Morgan fingerprint density at radius 2 is 1.34 bits per heavy atom. The second-order valence-corrected chi connectivity index (χ2v) is 9.09. The average Bonchev–Trinajstić information content (AvgIpc) is 2.76. The molecule has 2 N–H and O–H groups in total. The molecule has 0 aliphatic heterocycles. The third-order valence-electron chi connectivity index (χ3n) is 5.48. The molecule has 1 unspecified atom stereocenters. The highest BCUT2D eigenvalue weighted by Crippen LogP contribution is 2.49. The zero-order chi connectivity index (χ0) is 20.9. The number of hydrogen-bond acceptors (Lipinski definition) is 3. The summed E-state index contributed by atoms with van der Waals surface area (Å²) in [7, 11) is 1.70. The summed E-state index contributed by atoms with van der Waals surface area (Å²) in [5, 5.41) is 0. The van der Waals surface area contributed by atoms with E-state index in [-0.39, 0.29) is 10.8 Å². The van der Waals surface area contributed by atoms with Gasteiger partial charge in [-0.15, -0.1) is 11.8 Å². The van der Waals surface area contributed by atoms with E-state index < -0.39 is 0 Å². The number of benzene rings is 3. The van der Waals surface area contributed by atoms with Gasteiger partial charge in [-0.05, 0) is 41.7 Å². The second-order valence-electron chi connectivity index (χ2n) is 7.86. The van der Waals surface area contributed by atoms with Gasteiger partial charge in [0.05, 0.1) is 11.9 Å². The zero-order valence-corrected chi connectivity index (χ0v) is 18.6. The maximum absolute atomic E-state index is 6.49. The minimum atomic E-state index is -0.340. The van der Waals surface area contributed by atoms with Gasteiger partial charge in [-0.3, -0.25) is 0 Å². The molecule has 0 spiro atoms. The topological polar surface area (TPSA) is 35.2 Å². The maximum Gasteiger partial charge on any atom is 0.118 e. The molecule has 2 nitrogen and oxygen atoms in total. The van der Waals surface area contributed by atoms with E-state index in [0.29, 0.717) is 5.92 Å². The minimum absolute atomic E-state index is 0.131. The molecule has 0 saturated carbocycles. The highest BCUT2D eigenvalue weighted by Gasteiger charge is 2.37. The predicted octanol–water partition coefficient (Wildman–Crippen LogP) is 6.01. The summed E-state index contributed by atoms with van der Waals surface area (Å²) in [6.45, 7) is 6.51. The van der Waals surface area contributed by atoms with Gasteiger partial charge in [0.25, 0.3) is 0 Å². The monoisotopic (exact) mass is 405 g/mol. The Labute approximate surface area is 179 Å². The normalized spacial score (nSPS) is 14.4. The molecule has 0 fully saturated rings. The van der Waals surface area contributed by atoms with Crippen LogP contribution in [0.1, 0.15) is 36.1 Å². The van der Waals surface area contributed by atoms with Crippen LogP contribution in [0.4, 0.5) is 0 Å². The molecular weight excluding hydrogens is 374 g/mol. The molecule has 0 amide bonds. The van der Waals surface area contributed by atoms with Crippen molar-refractivity contribution in [2.45, 2.75) is 31.6 Å². The summed E-state index contributed by atoms with van der Waals surface area (Å²) in [6, 6.07) is 28.2. The van der Waals surface area contributed by atoms with Crippen molar-refractivity contribution in [1.29, 1.82) is 0 Å². The first-order valence-electron chi connectivity index (χ1n) is 10.1. The fourth-order valence-corrected chi connectivity index (χ4v) is 5.19. The van der Waals surface area contributed by atoms with Crippen LogP contribution in [-0.2, 0) is 4.75 Å². The van der Waals surface area contributed by atoms with E-state index in [9.17, 15) is 0 Å². The summed E-state index contributed by atoms with van der Waals surface area (Å²) in [4.78, 5) is 0. The van der Waals surface area contributed by atoms with E-state index in [0.717, 1.165) is 11.5 Å². The van der Waals surface area contributed by atoms with Crippen LogP contribution in [0.3, 0.4) is 0 Å². The minimum Gasteiger partial charge on any atom is -0.497 e. The molecule has 3 aromatic carbocycles. The van der Waals surface area contributed by atoms with Crippen molar-refractivity contribution >= 4 is 11.8 Å². The Kier molecular flexibility index (Phi) is 7.05. The SMILES string of the molecule is COc1ccc(C(SC[C@@H](N)C(C)C)(c2ccccc2)c2ccc(C)cc2)cc1. The molecule has 29 heavy (non-hydrogen) atoms. The van der Waals surface area contributed by atoms with Crippen molar-refractivity contribution in [3.8, 4) is 5.75 Å². The van der Waals surface area contributed by atoms with Crippen molar-refractivity contribution in [2.24, 2.45) is 11.7 Å². The molecule has 0 heterocycles. The van der Waals surface area contributed by atoms with Crippen LogP contribution in [0.15, 0.2) is 78.9 Å². The van der Waals surface area contributed by atoms with E-state index in [1.165, 1.54) is 22.3 Å². The maximum atomic E-state index is 6.49. The first-order valence-corrected chi connectivity index (χ1v) is 11.1. The first-order chi connectivity index (χ1) is 14.0. The van der Waals surface area contributed by atoms with Gasteiger partial charge in [-0.2, -0.15) is 0 Å². The molecule has 2 atom stereocenters. The summed E-state index contributed by atoms with van der Waals surface area (Å²) in [5.74, 6) is 2.17. The summed E-state index contributed by atoms with van der Waals surface area (Å²) in [6.07, 6.45) is 0. The number of thioether (sulfide) groups is 1. The van der Waals surface area contributed by atoms with E-state index >= 15 is 0 Å². The fraction of sp³-hybridized carbons (Fsp3) is 0.308. The van der Waals surface area contributed by atoms with E-state index in [1.54, 1.807) is 7.11 Å². The number of hydrogen-bond donors (Lipinski definition) is 1. The van der Waals surface area contributed by atoms with Gasteiger partial charge in [0.1, 0.15) is 5.75 Å². The Morgan fingerprint density at radius 1 is 0.828 bits per heavy atom. The predicted molar refractivity (Wildman–Crippen MR) is 126 cm³/mol. The quantitative estimate of drug-likeness (QED) is 0.466. The Morgan fingerprint density at radius 3 is 1.86 bits per heavy atom. The van der Waals surface area contributed by atoms with E-state index in [1.807, 2.05) is 23.9 Å². The van der Waals surface area contributed by atoms with Gasteiger partial charge in [0, 0.05) is 11.8 Å². The molecule has 0 aliphatic carbocycles. The second kappa shape index (κ2) is 9.51. The van der Waals surface area contributed by atoms with Crippen LogP contribution in [0.2, 0.25) is 0 Å². The molecule has 0 aliphatic rings. The fourth-order valence-electron chi connectivity index (χ4n) is 3.45. The molecule has 0 radical (unpaired) electrons. The summed E-state index contributed by atoms with van der Waals surface area (Å²) >= 11 is 1.92. The largest absolute Gasteiger partial charge is 0.497 e. The Hall–Kier alpha value is -2.23. The number of rotatable bonds is 8. The van der Waals surface area contributed by atoms with Crippen molar-refractivity contribution in [2.75, 3.05) is 12.9 Å². The lowest BCUT2D eigenvalue weighted by atomic mass is 9.83. The molecule has 3 heteroatoms. The van der Waals surface area contributed by atoms with Crippen molar-refractivity contribution in [3.05, 3.63) is 101 Å². The Balaban J connectivity index is 2.20. The first kappa shape index (κ1) is 21.5. The summed E-state index contributed by atoms with van der Waals surface area (Å²) in [5.41, 5.74) is 11.5. The third kappa shape index (κ3) is 4.68. The summed E-state index contributed by atoms with van der Waals surface area (Å²) < 4.78 is 5.07. The van der Waals surface area contributed by atoms with Crippen molar-refractivity contribution < 1.29 is 4.74 Å². The molecule has 3 aromatic rings. The molecule has 0 bridgehead atoms. The van der Waals surface area contributed by atoms with Crippen LogP contribution in [0.25, 0.3) is 0 Å². The van der Waals surface area contributed by atoms with E-state index in [2.05, 4.69) is 87.5 Å². The highest BCUT2D eigenvalue weighted by atomic mass is 32.2. The van der Waals surface area contributed by atoms with Gasteiger partial charge in [0.2, 0.25) is 0 Å². The van der Waals surface area contributed by atoms with Crippen LogP contribution >= 0.6 is 11.8 Å². The number of aryl methyl sites for hydroxylation is 1. The average molecular weight is 406 g/mol. The number of nitrogens with two attached hydrogens (primary N) is 1. The molecule has 3 rings (SSSR count). The van der Waals surface area contributed by atoms with Crippen LogP contribution in [0.5, 0.6) is 5.75 Å². The van der Waals surface area contributed by atoms with Crippen molar-refractivity contribution in [3.63, 3.8) is 0 Å². The zero-order valence-electron chi connectivity index (χ0n) is 17.8. The van der Waals surface area contributed by atoms with Crippen LogP contribution < -0.4 is 10.5 Å². The van der Waals surface area contributed by atoms with E-state index in [4.69, 9.17) is 10.5 Å². The number of methoxy groups -OCH3 is 1. The lowest BCUT2D eigenvalue weighted by Crippen LogP contribution is -2.33.